The number of hydrogen-bond acceptors (Lipinski definition) is 6. The molecule has 0 amide bonds. The first-order chi connectivity index (χ1) is 11.9. The molecule has 25 heavy (non-hydrogen) atoms. The lowest BCUT2D eigenvalue weighted by Gasteiger charge is -2.06. The molecule has 1 N–H and O–H groups in total. The number of nitrogens with zero attached hydrogens (tertiary/aromatic N) is 2. The molecule has 1 fully saturated rings. The molecule has 0 bridgehead atoms. The Kier molecular flexibility index (Phi) is 3.60. The number of rotatable bonds is 5. The summed E-state index contributed by atoms with van der Waals surface area (Å²) in [6, 6.07) is 6.68. The topological polar surface area (TPSA) is 98.2 Å². The minimum atomic E-state index is -3.96. The quantitative estimate of drug-likeness (QED) is 0.745. The van der Waals surface area contributed by atoms with Gasteiger partial charge in [0, 0.05) is 11.6 Å². The third-order valence-corrected chi connectivity index (χ3v) is 5.09. The number of benzene rings is 1. The van der Waals surface area contributed by atoms with Gasteiger partial charge in [0.1, 0.15) is 5.82 Å². The fourth-order valence-electron chi connectivity index (χ4n) is 2.32. The minimum Gasteiger partial charge on any atom is -0.438 e. The number of aromatic nitrogens is 2. The first-order valence-corrected chi connectivity index (χ1v) is 9.13. The second-order valence-electron chi connectivity index (χ2n) is 5.91. The Morgan fingerprint density at radius 2 is 1.96 bits per heavy atom. The van der Waals surface area contributed by atoms with Crippen LogP contribution in [-0.2, 0) is 10.0 Å². The monoisotopic (exact) mass is 363 g/mol. The molecule has 130 valence electrons. The molecule has 2 heterocycles. The molecule has 1 aromatic carbocycles. The van der Waals surface area contributed by atoms with Gasteiger partial charge < -0.3 is 8.83 Å². The van der Waals surface area contributed by atoms with Crippen molar-refractivity contribution in [3.63, 3.8) is 0 Å². The number of hydrogen-bond donors (Lipinski definition) is 1. The normalized spacial score (nSPS) is 14.6. The number of sulfonamides is 1. The Labute approximate surface area is 142 Å². The molecule has 0 radical (unpaired) electrons. The molecule has 0 atom stereocenters. The Balaban J connectivity index is 1.57. The van der Waals surface area contributed by atoms with Gasteiger partial charge in [0.25, 0.3) is 15.9 Å². The van der Waals surface area contributed by atoms with Crippen molar-refractivity contribution in [2.75, 3.05) is 4.72 Å². The summed E-state index contributed by atoms with van der Waals surface area (Å²) in [5.74, 6) is 0.737. The summed E-state index contributed by atoms with van der Waals surface area (Å²) in [5.41, 5.74) is 0.574. The molecule has 3 aromatic rings. The third kappa shape index (κ3) is 3.14. The van der Waals surface area contributed by atoms with E-state index in [1.807, 2.05) is 0 Å². The summed E-state index contributed by atoms with van der Waals surface area (Å²) in [6.45, 7) is 1.55. The van der Waals surface area contributed by atoms with Crippen molar-refractivity contribution >= 4 is 15.7 Å². The fraction of sp³-hybridized carbons (Fsp3) is 0.250. The number of furan rings is 1. The molecule has 0 spiro atoms. The molecular weight excluding hydrogens is 349 g/mol. The van der Waals surface area contributed by atoms with E-state index in [9.17, 15) is 12.8 Å². The summed E-state index contributed by atoms with van der Waals surface area (Å²) < 4.78 is 51.3. The summed E-state index contributed by atoms with van der Waals surface area (Å²) in [7, 11) is -3.96. The van der Waals surface area contributed by atoms with E-state index >= 15 is 0 Å². The van der Waals surface area contributed by atoms with Crippen LogP contribution in [0.4, 0.5) is 10.1 Å². The van der Waals surface area contributed by atoms with Gasteiger partial charge >= 0.3 is 0 Å². The zero-order chi connectivity index (χ0) is 17.6. The molecule has 7 nitrogen and oxygen atoms in total. The molecule has 0 unspecified atom stereocenters. The zero-order valence-corrected chi connectivity index (χ0v) is 14.0. The van der Waals surface area contributed by atoms with Gasteiger partial charge in [0.2, 0.25) is 11.0 Å². The molecule has 0 saturated heterocycles. The predicted molar refractivity (Wildman–Crippen MR) is 85.9 cm³/mol. The highest BCUT2D eigenvalue weighted by atomic mass is 32.2. The van der Waals surface area contributed by atoms with E-state index in [1.54, 1.807) is 6.92 Å². The summed E-state index contributed by atoms with van der Waals surface area (Å²) >= 11 is 0. The highest BCUT2D eigenvalue weighted by Crippen LogP contribution is 2.40. The molecule has 0 aliphatic heterocycles. The summed E-state index contributed by atoms with van der Waals surface area (Å²) in [5, 5.41) is 7.52. The average molecular weight is 363 g/mol. The van der Waals surface area contributed by atoms with Crippen molar-refractivity contribution < 1.29 is 21.6 Å². The highest BCUT2D eigenvalue weighted by molar-refractivity contribution is 7.92. The Morgan fingerprint density at radius 3 is 2.68 bits per heavy atom. The number of nitrogens with one attached hydrogen (secondary N) is 1. The highest BCUT2D eigenvalue weighted by Gasteiger charge is 2.30. The molecular formula is C16H14FN3O4S. The maximum Gasteiger partial charge on any atom is 0.295 e. The van der Waals surface area contributed by atoms with Crippen LogP contribution in [0.1, 0.15) is 30.2 Å². The van der Waals surface area contributed by atoms with E-state index in [0.29, 0.717) is 17.4 Å². The summed E-state index contributed by atoms with van der Waals surface area (Å²) in [4.78, 5) is 0. The Bertz CT molecular complexity index is 1040. The van der Waals surface area contributed by atoms with Crippen molar-refractivity contribution in [1.29, 1.82) is 0 Å². The third-order valence-electron chi connectivity index (χ3n) is 3.83. The molecule has 9 heteroatoms. The van der Waals surface area contributed by atoms with E-state index in [4.69, 9.17) is 8.83 Å². The maximum atomic E-state index is 13.3. The predicted octanol–water partition coefficient (Wildman–Crippen LogP) is 3.46. The van der Waals surface area contributed by atoms with Gasteiger partial charge in [-0.2, -0.15) is 8.42 Å². The van der Waals surface area contributed by atoms with Crippen LogP contribution in [-0.4, -0.2) is 18.6 Å². The van der Waals surface area contributed by atoms with Crippen LogP contribution in [0.2, 0.25) is 0 Å². The van der Waals surface area contributed by atoms with Crippen LogP contribution in [0.3, 0.4) is 0 Å². The van der Waals surface area contributed by atoms with Gasteiger partial charge in [-0.3, -0.25) is 4.72 Å². The molecule has 1 aliphatic rings. The number of anilines is 1. The van der Waals surface area contributed by atoms with E-state index in [0.717, 1.165) is 12.8 Å². The van der Waals surface area contributed by atoms with Gasteiger partial charge in [-0.05, 0) is 55.7 Å². The SMILES string of the molecule is Cc1cc(NS(=O)(=O)c2ccc(-c3nnc(C4CC4)o3)o2)ccc1F. The van der Waals surface area contributed by atoms with Crippen LogP contribution in [0.5, 0.6) is 0 Å². The van der Waals surface area contributed by atoms with Gasteiger partial charge in [0.05, 0.1) is 0 Å². The van der Waals surface area contributed by atoms with Crippen molar-refractivity contribution in [1.82, 2.24) is 10.2 Å². The maximum absolute atomic E-state index is 13.3. The number of aryl methyl sites for hydroxylation is 1. The van der Waals surface area contributed by atoms with Crippen molar-refractivity contribution in [3.8, 4) is 11.7 Å². The smallest absolute Gasteiger partial charge is 0.295 e. The van der Waals surface area contributed by atoms with Gasteiger partial charge in [-0.1, -0.05) is 0 Å². The van der Waals surface area contributed by atoms with Gasteiger partial charge in [-0.25, -0.2) is 4.39 Å². The summed E-state index contributed by atoms with van der Waals surface area (Å²) in [6.07, 6.45) is 2.03. The zero-order valence-electron chi connectivity index (χ0n) is 13.2. The molecule has 2 aromatic heterocycles. The minimum absolute atomic E-state index is 0.140. The second-order valence-corrected chi connectivity index (χ2v) is 7.52. The van der Waals surface area contributed by atoms with Crippen molar-refractivity contribution in [3.05, 3.63) is 47.6 Å². The lowest BCUT2D eigenvalue weighted by atomic mass is 10.2. The molecule has 1 saturated carbocycles. The first-order valence-electron chi connectivity index (χ1n) is 7.65. The van der Waals surface area contributed by atoms with Gasteiger partial charge in [-0.15, -0.1) is 10.2 Å². The first kappa shape index (κ1) is 15.8. The van der Waals surface area contributed by atoms with E-state index in [2.05, 4.69) is 14.9 Å². The lowest BCUT2D eigenvalue weighted by Crippen LogP contribution is -2.12. The Morgan fingerprint density at radius 1 is 1.16 bits per heavy atom. The van der Waals surface area contributed by atoms with Crippen LogP contribution in [0.15, 0.2) is 44.3 Å². The van der Waals surface area contributed by atoms with Crippen molar-refractivity contribution in [2.24, 2.45) is 0 Å². The van der Waals surface area contributed by atoms with Crippen LogP contribution in [0.25, 0.3) is 11.7 Å². The van der Waals surface area contributed by atoms with E-state index < -0.39 is 15.8 Å². The standard InChI is InChI=1S/C16H14FN3O4S/c1-9-8-11(4-5-12(9)17)20-25(21,22)14-7-6-13(23-14)16-19-18-15(24-16)10-2-3-10/h4-8,10,20H,2-3H2,1H3. The van der Waals surface area contributed by atoms with Crippen LogP contribution >= 0.6 is 0 Å². The van der Waals surface area contributed by atoms with E-state index in [-0.39, 0.29) is 22.4 Å². The van der Waals surface area contributed by atoms with Crippen LogP contribution in [0, 0.1) is 12.7 Å². The lowest BCUT2D eigenvalue weighted by molar-refractivity contribution is 0.435. The number of halogens is 1. The van der Waals surface area contributed by atoms with Crippen LogP contribution < -0.4 is 4.72 Å². The van der Waals surface area contributed by atoms with Crippen molar-refractivity contribution in [2.45, 2.75) is 30.8 Å². The average Bonchev–Trinajstić information content (AvgIpc) is 3.10. The van der Waals surface area contributed by atoms with Gasteiger partial charge in [0.15, 0.2) is 5.76 Å². The second kappa shape index (κ2) is 5.69. The molecule has 1 aliphatic carbocycles. The molecule has 4 rings (SSSR count). The fourth-order valence-corrected chi connectivity index (χ4v) is 3.31. The Hall–Kier alpha value is -2.68. The van der Waals surface area contributed by atoms with E-state index in [1.165, 1.54) is 30.3 Å². The largest absolute Gasteiger partial charge is 0.438 e.